The molecule has 0 N–H and O–H groups in total. The molecule has 0 fully saturated rings. The molecule has 144 valence electrons. The van der Waals surface area contributed by atoms with E-state index in [-0.39, 0.29) is 16.8 Å². The van der Waals surface area contributed by atoms with Gasteiger partial charge in [-0.05, 0) is 36.2 Å². The number of ether oxygens (including phenoxy) is 1. The molecule has 0 unspecified atom stereocenters. The SMILES string of the molecule is CCCCn1c(=O)c2oc3ccccc3c2n(Cc2ccc(OC)cc2)c1=O. The van der Waals surface area contributed by atoms with Crippen LogP contribution in [-0.2, 0) is 13.1 Å². The fourth-order valence-corrected chi connectivity index (χ4v) is 3.47. The summed E-state index contributed by atoms with van der Waals surface area (Å²) in [6, 6.07) is 15.0. The average Bonchev–Trinajstić information content (AvgIpc) is 3.11. The topological polar surface area (TPSA) is 66.4 Å². The first kappa shape index (κ1) is 18.1. The summed E-state index contributed by atoms with van der Waals surface area (Å²) in [4.78, 5) is 26.2. The second-order valence-corrected chi connectivity index (χ2v) is 6.80. The minimum atomic E-state index is -0.365. The molecule has 0 radical (unpaired) electrons. The van der Waals surface area contributed by atoms with Gasteiger partial charge in [0.25, 0.3) is 5.56 Å². The van der Waals surface area contributed by atoms with E-state index in [1.54, 1.807) is 11.7 Å². The highest BCUT2D eigenvalue weighted by atomic mass is 16.5. The van der Waals surface area contributed by atoms with Crippen molar-refractivity contribution in [3.63, 3.8) is 0 Å². The maximum absolute atomic E-state index is 13.2. The summed E-state index contributed by atoms with van der Waals surface area (Å²) >= 11 is 0. The molecule has 2 aromatic carbocycles. The third-order valence-corrected chi connectivity index (χ3v) is 4.98. The highest BCUT2D eigenvalue weighted by Crippen LogP contribution is 2.26. The molecule has 2 aromatic heterocycles. The van der Waals surface area contributed by atoms with E-state index in [1.807, 2.05) is 55.5 Å². The normalized spacial score (nSPS) is 11.4. The fraction of sp³-hybridized carbons (Fsp3) is 0.273. The van der Waals surface area contributed by atoms with Crippen LogP contribution in [0.5, 0.6) is 5.75 Å². The van der Waals surface area contributed by atoms with Gasteiger partial charge in [0.2, 0.25) is 5.58 Å². The molecule has 0 aliphatic rings. The van der Waals surface area contributed by atoms with Crippen molar-refractivity contribution in [2.45, 2.75) is 32.9 Å². The number of aromatic nitrogens is 2. The van der Waals surface area contributed by atoms with E-state index in [1.165, 1.54) is 4.57 Å². The standard InChI is InChI=1S/C22H22N2O4/c1-3-4-13-23-21(25)20-19(17-7-5-6-8-18(17)28-20)24(22(23)26)14-15-9-11-16(27-2)12-10-15/h5-12H,3-4,13-14H2,1-2H3. The summed E-state index contributed by atoms with van der Waals surface area (Å²) < 4.78 is 14.0. The second-order valence-electron chi connectivity index (χ2n) is 6.80. The average molecular weight is 378 g/mol. The Kier molecular flexibility index (Phi) is 4.77. The van der Waals surface area contributed by atoms with E-state index in [0.717, 1.165) is 29.5 Å². The molecule has 0 amide bonds. The highest BCUT2D eigenvalue weighted by molar-refractivity contribution is 6.02. The Morgan fingerprint density at radius 1 is 1.00 bits per heavy atom. The monoisotopic (exact) mass is 378 g/mol. The Bertz CT molecular complexity index is 1250. The lowest BCUT2D eigenvalue weighted by Crippen LogP contribution is -2.40. The van der Waals surface area contributed by atoms with Gasteiger partial charge < -0.3 is 9.15 Å². The van der Waals surface area contributed by atoms with Crippen molar-refractivity contribution in [1.29, 1.82) is 0 Å². The van der Waals surface area contributed by atoms with E-state index in [4.69, 9.17) is 9.15 Å². The van der Waals surface area contributed by atoms with Crippen LogP contribution in [0.1, 0.15) is 25.3 Å². The second kappa shape index (κ2) is 7.38. The van der Waals surface area contributed by atoms with E-state index in [0.29, 0.717) is 24.2 Å². The molecule has 4 aromatic rings. The number of furan rings is 1. The van der Waals surface area contributed by atoms with Gasteiger partial charge >= 0.3 is 5.69 Å². The van der Waals surface area contributed by atoms with Gasteiger partial charge in [-0.1, -0.05) is 37.6 Å². The predicted molar refractivity (Wildman–Crippen MR) is 109 cm³/mol. The molecule has 0 saturated carbocycles. The van der Waals surface area contributed by atoms with Crippen molar-refractivity contribution in [1.82, 2.24) is 9.13 Å². The van der Waals surface area contributed by atoms with Crippen molar-refractivity contribution in [3.05, 3.63) is 74.9 Å². The largest absolute Gasteiger partial charge is 0.497 e. The van der Waals surface area contributed by atoms with Crippen LogP contribution in [0.2, 0.25) is 0 Å². The van der Waals surface area contributed by atoms with Crippen molar-refractivity contribution < 1.29 is 9.15 Å². The number of nitrogens with zero attached hydrogens (tertiary/aromatic N) is 2. The van der Waals surface area contributed by atoms with Crippen LogP contribution < -0.4 is 16.0 Å². The lowest BCUT2D eigenvalue weighted by molar-refractivity contribution is 0.414. The number of hydrogen-bond acceptors (Lipinski definition) is 4. The zero-order valence-electron chi connectivity index (χ0n) is 16.0. The van der Waals surface area contributed by atoms with Gasteiger partial charge in [0.1, 0.15) is 16.8 Å². The van der Waals surface area contributed by atoms with Crippen LogP contribution >= 0.6 is 0 Å². The van der Waals surface area contributed by atoms with Gasteiger partial charge in [-0.3, -0.25) is 13.9 Å². The summed E-state index contributed by atoms with van der Waals surface area (Å²) in [5.74, 6) is 0.753. The van der Waals surface area contributed by atoms with Crippen molar-refractivity contribution >= 4 is 22.1 Å². The summed E-state index contributed by atoms with van der Waals surface area (Å²) in [6.07, 6.45) is 1.64. The predicted octanol–water partition coefficient (Wildman–Crippen LogP) is 3.77. The van der Waals surface area contributed by atoms with Crippen LogP contribution in [0.15, 0.2) is 62.5 Å². The van der Waals surface area contributed by atoms with Crippen molar-refractivity contribution in [2.24, 2.45) is 0 Å². The van der Waals surface area contributed by atoms with Crippen LogP contribution in [0.3, 0.4) is 0 Å². The molecule has 0 aliphatic heterocycles. The first-order valence-corrected chi connectivity index (χ1v) is 9.42. The third kappa shape index (κ3) is 3.01. The lowest BCUT2D eigenvalue weighted by atomic mass is 10.2. The number of benzene rings is 2. The van der Waals surface area contributed by atoms with E-state index in [2.05, 4.69) is 0 Å². The quantitative estimate of drug-likeness (QED) is 0.512. The van der Waals surface area contributed by atoms with Crippen LogP contribution in [0.4, 0.5) is 0 Å². The molecule has 0 atom stereocenters. The van der Waals surface area contributed by atoms with Gasteiger partial charge in [-0.15, -0.1) is 0 Å². The minimum Gasteiger partial charge on any atom is -0.497 e. The Labute approximate surface area is 161 Å². The first-order chi connectivity index (χ1) is 13.6. The van der Waals surface area contributed by atoms with Gasteiger partial charge in [0, 0.05) is 11.9 Å². The smallest absolute Gasteiger partial charge is 0.331 e. The molecule has 0 saturated heterocycles. The molecule has 0 aliphatic carbocycles. The Morgan fingerprint density at radius 2 is 1.75 bits per heavy atom. The van der Waals surface area contributed by atoms with E-state index < -0.39 is 0 Å². The summed E-state index contributed by atoms with van der Waals surface area (Å²) in [7, 11) is 1.62. The van der Waals surface area contributed by atoms with Crippen LogP contribution in [0.25, 0.3) is 22.1 Å². The maximum atomic E-state index is 13.2. The number of rotatable bonds is 6. The zero-order chi connectivity index (χ0) is 19.7. The number of fused-ring (bicyclic) bond motifs is 3. The zero-order valence-corrected chi connectivity index (χ0v) is 16.0. The Balaban J connectivity index is 1.98. The molecular formula is C22H22N2O4. The lowest BCUT2D eigenvalue weighted by Gasteiger charge is -2.12. The molecule has 0 spiro atoms. The van der Waals surface area contributed by atoms with Gasteiger partial charge in [-0.25, -0.2) is 4.79 Å². The third-order valence-electron chi connectivity index (χ3n) is 4.98. The molecule has 28 heavy (non-hydrogen) atoms. The summed E-state index contributed by atoms with van der Waals surface area (Å²) in [6.45, 7) is 2.75. The number of unbranched alkanes of at least 4 members (excludes halogenated alkanes) is 1. The minimum absolute atomic E-state index is 0.227. The van der Waals surface area contributed by atoms with Crippen LogP contribution in [-0.4, -0.2) is 16.2 Å². The van der Waals surface area contributed by atoms with Crippen LogP contribution in [0, 0.1) is 0 Å². The van der Waals surface area contributed by atoms with E-state index >= 15 is 0 Å². The van der Waals surface area contributed by atoms with E-state index in [9.17, 15) is 9.59 Å². The van der Waals surface area contributed by atoms with Gasteiger partial charge in [-0.2, -0.15) is 0 Å². The molecule has 6 nitrogen and oxygen atoms in total. The molecule has 0 bridgehead atoms. The van der Waals surface area contributed by atoms with Crippen molar-refractivity contribution in [3.8, 4) is 5.75 Å². The van der Waals surface area contributed by atoms with Crippen molar-refractivity contribution in [2.75, 3.05) is 7.11 Å². The van der Waals surface area contributed by atoms with Gasteiger partial charge in [0.15, 0.2) is 0 Å². The van der Waals surface area contributed by atoms with Gasteiger partial charge in [0.05, 0.1) is 13.7 Å². The highest BCUT2D eigenvalue weighted by Gasteiger charge is 2.19. The number of methoxy groups -OCH3 is 1. The molecule has 6 heteroatoms. The Morgan fingerprint density at radius 3 is 2.46 bits per heavy atom. The summed E-state index contributed by atoms with van der Waals surface area (Å²) in [5.41, 5.74) is 1.64. The summed E-state index contributed by atoms with van der Waals surface area (Å²) in [5, 5.41) is 0.767. The maximum Gasteiger partial charge on any atom is 0.331 e. The fourth-order valence-electron chi connectivity index (χ4n) is 3.47. The number of hydrogen-bond donors (Lipinski definition) is 0. The molecule has 4 rings (SSSR count). The molecular weight excluding hydrogens is 356 g/mol. The molecule has 2 heterocycles. The Hall–Kier alpha value is -3.28. The number of para-hydroxylation sites is 1. The first-order valence-electron chi connectivity index (χ1n) is 9.42.